The minimum Gasteiger partial charge on any atom is -0.361 e. The minimum atomic E-state index is -0.124. The number of aryl methyl sites for hydroxylation is 2. The van der Waals surface area contributed by atoms with Crippen molar-refractivity contribution < 1.29 is 14.1 Å². The molecule has 1 aliphatic rings. The largest absolute Gasteiger partial charge is 0.361 e. The van der Waals surface area contributed by atoms with Gasteiger partial charge in [-0.05, 0) is 38.3 Å². The van der Waals surface area contributed by atoms with Gasteiger partial charge in [-0.2, -0.15) is 0 Å². The monoisotopic (exact) mass is 342 g/mol. The molecule has 0 aliphatic carbocycles. The van der Waals surface area contributed by atoms with Gasteiger partial charge in [-0.15, -0.1) is 0 Å². The van der Waals surface area contributed by atoms with Crippen LogP contribution in [0.4, 0.5) is 0 Å². The molecule has 0 saturated carbocycles. The van der Waals surface area contributed by atoms with Gasteiger partial charge in [0.05, 0.1) is 11.3 Å². The number of nitrogens with one attached hydrogen (secondary N) is 1. The van der Waals surface area contributed by atoms with E-state index in [9.17, 15) is 9.59 Å². The van der Waals surface area contributed by atoms with E-state index < -0.39 is 0 Å². The highest BCUT2D eigenvalue weighted by molar-refractivity contribution is 5.96. The van der Waals surface area contributed by atoms with Crippen molar-refractivity contribution >= 4 is 11.8 Å². The van der Waals surface area contributed by atoms with Crippen LogP contribution in [0.25, 0.3) is 0 Å². The number of carbonyl (C=O) groups excluding carboxylic acids is 2. The molecular weight excluding hydrogens is 320 g/mol. The van der Waals surface area contributed by atoms with E-state index in [1.165, 1.54) is 0 Å². The molecule has 132 valence electrons. The molecule has 0 radical (unpaired) electrons. The first kappa shape index (κ1) is 17.1. The van der Waals surface area contributed by atoms with E-state index in [2.05, 4.69) is 15.5 Å². The Hall–Kier alpha value is -2.70. The van der Waals surface area contributed by atoms with Crippen molar-refractivity contribution in [3.8, 4) is 0 Å². The van der Waals surface area contributed by atoms with Gasteiger partial charge < -0.3 is 14.7 Å². The van der Waals surface area contributed by atoms with Crippen LogP contribution in [0.15, 0.2) is 29.0 Å². The Morgan fingerprint density at radius 1 is 1.36 bits per heavy atom. The number of aromatic nitrogens is 2. The van der Waals surface area contributed by atoms with Crippen LogP contribution in [0.1, 0.15) is 51.9 Å². The van der Waals surface area contributed by atoms with Gasteiger partial charge in [-0.1, -0.05) is 12.1 Å². The summed E-state index contributed by atoms with van der Waals surface area (Å²) in [6.45, 7) is 4.92. The van der Waals surface area contributed by atoms with Gasteiger partial charge in [0.2, 0.25) is 0 Å². The van der Waals surface area contributed by atoms with Crippen molar-refractivity contribution in [1.29, 1.82) is 0 Å². The van der Waals surface area contributed by atoms with Crippen LogP contribution in [-0.2, 0) is 6.42 Å². The average Bonchev–Trinajstić information content (AvgIpc) is 3.03. The Balaban J connectivity index is 1.57. The van der Waals surface area contributed by atoms with E-state index in [0.29, 0.717) is 42.1 Å². The molecule has 2 amide bonds. The first-order valence-corrected chi connectivity index (χ1v) is 8.55. The van der Waals surface area contributed by atoms with Crippen LogP contribution in [0.3, 0.4) is 0 Å². The number of carbonyl (C=O) groups is 2. The van der Waals surface area contributed by atoms with Gasteiger partial charge in [-0.25, -0.2) is 0 Å². The number of nitrogens with zero attached hydrogens (tertiary/aromatic N) is 3. The van der Waals surface area contributed by atoms with Crippen LogP contribution in [0.5, 0.6) is 0 Å². The topological polar surface area (TPSA) is 88.3 Å². The zero-order chi connectivity index (χ0) is 17.8. The predicted octanol–water partition coefficient (Wildman–Crippen LogP) is 1.98. The molecule has 3 rings (SSSR count). The first-order chi connectivity index (χ1) is 12.1. The second kappa shape index (κ2) is 7.46. The number of hydrogen-bond acceptors (Lipinski definition) is 5. The van der Waals surface area contributed by atoms with Crippen LogP contribution < -0.4 is 5.32 Å². The molecule has 1 aliphatic heterocycles. The van der Waals surface area contributed by atoms with Crippen molar-refractivity contribution in [3.05, 3.63) is 47.1 Å². The zero-order valence-corrected chi connectivity index (χ0v) is 14.5. The van der Waals surface area contributed by atoms with Crippen molar-refractivity contribution in [2.75, 3.05) is 13.1 Å². The summed E-state index contributed by atoms with van der Waals surface area (Å²) >= 11 is 0. The second-order valence-corrected chi connectivity index (χ2v) is 6.20. The fourth-order valence-electron chi connectivity index (χ4n) is 3.08. The van der Waals surface area contributed by atoms with E-state index in [4.69, 9.17) is 4.52 Å². The molecule has 2 aromatic rings. The van der Waals surface area contributed by atoms with Crippen LogP contribution in [-0.4, -0.2) is 46.0 Å². The summed E-state index contributed by atoms with van der Waals surface area (Å²) in [5.74, 6) is 0.405. The number of piperidine rings is 1. The zero-order valence-electron chi connectivity index (χ0n) is 14.5. The van der Waals surface area contributed by atoms with E-state index in [0.717, 1.165) is 12.8 Å². The highest BCUT2D eigenvalue weighted by Crippen LogP contribution is 2.20. The van der Waals surface area contributed by atoms with E-state index in [-0.39, 0.29) is 17.9 Å². The van der Waals surface area contributed by atoms with Crippen molar-refractivity contribution in [2.45, 2.75) is 39.2 Å². The number of amides is 2. The smallest absolute Gasteiger partial charge is 0.259 e. The fourth-order valence-corrected chi connectivity index (χ4v) is 3.08. The molecule has 0 spiro atoms. The van der Waals surface area contributed by atoms with E-state index >= 15 is 0 Å². The third-order valence-corrected chi connectivity index (χ3v) is 4.52. The summed E-state index contributed by atoms with van der Waals surface area (Å²) in [7, 11) is 0. The van der Waals surface area contributed by atoms with E-state index in [1.54, 1.807) is 31.5 Å². The van der Waals surface area contributed by atoms with Gasteiger partial charge in [0.15, 0.2) is 0 Å². The third-order valence-electron chi connectivity index (χ3n) is 4.52. The molecule has 0 aromatic carbocycles. The van der Waals surface area contributed by atoms with Gasteiger partial charge in [0.25, 0.3) is 11.8 Å². The third kappa shape index (κ3) is 3.70. The molecule has 3 heterocycles. The fraction of sp³-hybridized carbons (Fsp3) is 0.444. The lowest BCUT2D eigenvalue weighted by molar-refractivity contribution is 0.0695. The molecule has 2 aromatic heterocycles. The number of rotatable bonds is 4. The quantitative estimate of drug-likeness (QED) is 0.918. The van der Waals surface area contributed by atoms with E-state index in [1.807, 2.05) is 11.8 Å². The van der Waals surface area contributed by atoms with Gasteiger partial charge >= 0.3 is 0 Å². The highest BCUT2D eigenvalue weighted by atomic mass is 16.5. The van der Waals surface area contributed by atoms with Gasteiger partial charge in [0.1, 0.15) is 11.3 Å². The molecule has 25 heavy (non-hydrogen) atoms. The Morgan fingerprint density at radius 2 is 2.12 bits per heavy atom. The Bertz CT molecular complexity index is 749. The maximum absolute atomic E-state index is 12.7. The summed E-state index contributed by atoms with van der Waals surface area (Å²) in [6.07, 6.45) is 5.30. The SMILES string of the molecule is CCc1noc(C)c1C(=O)N1CCC(NC(=O)c2cccnc2)CC1. The molecule has 0 unspecified atom stereocenters. The van der Waals surface area contributed by atoms with Gasteiger partial charge in [0, 0.05) is 31.5 Å². The Labute approximate surface area is 146 Å². The Kier molecular flexibility index (Phi) is 5.11. The predicted molar refractivity (Wildman–Crippen MR) is 91.2 cm³/mol. The van der Waals surface area contributed by atoms with Crippen molar-refractivity contribution in [2.24, 2.45) is 0 Å². The average molecular weight is 342 g/mol. The van der Waals surface area contributed by atoms with Crippen LogP contribution in [0, 0.1) is 6.92 Å². The molecule has 0 atom stereocenters. The van der Waals surface area contributed by atoms with Crippen molar-refractivity contribution in [1.82, 2.24) is 20.4 Å². The van der Waals surface area contributed by atoms with Crippen molar-refractivity contribution in [3.63, 3.8) is 0 Å². The lowest BCUT2D eigenvalue weighted by Gasteiger charge is -2.32. The standard InChI is InChI=1S/C18H22N4O3/c1-3-15-16(12(2)25-21-15)18(24)22-9-6-14(7-10-22)20-17(23)13-5-4-8-19-11-13/h4-5,8,11,14H,3,6-7,9-10H2,1-2H3,(H,20,23). The van der Waals surface area contributed by atoms with Crippen LogP contribution >= 0.6 is 0 Å². The summed E-state index contributed by atoms with van der Waals surface area (Å²) in [6, 6.07) is 3.54. The number of likely N-dealkylation sites (tertiary alicyclic amines) is 1. The summed E-state index contributed by atoms with van der Waals surface area (Å²) in [4.78, 5) is 30.7. The highest BCUT2D eigenvalue weighted by Gasteiger charge is 2.28. The summed E-state index contributed by atoms with van der Waals surface area (Å²) in [5, 5.41) is 6.97. The Morgan fingerprint density at radius 3 is 2.76 bits per heavy atom. The second-order valence-electron chi connectivity index (χ2n) is 6.20. The number of hydrogen-bond donors (Lipinski definition) is 1. The normalized spacial score (nSPS) is 15.2. The summed E-state index contributed by atoms with van der Waals surface area (Å²) < 4.78 is 5.16. The molecule has 7 nitrogen and oxygen atoms in total. The molecule has 1 saturated heterocycles. The molecule has 1 N–H and O–H groups in total. The maximum atomic E-state index is 12.7. The molecule has 0 bridgehead atoms. The van der Waals surface area contributed by atoms with Crippen LogP contribution in [0.2, 0.25) is 0 Å². The van der Waals surface area contributed by atoms with Gasteiger partial charge in [-0.3, -0.25) is 14.6 Å². The lowest BCUT2D eigenvalue weighted by Crippen LogP contribution is -2.46. The molecular formula is C18H22N4O3. The maximum Gasteiger partial charge on any atom is 0.259 e. The lowest BCUT2D eigenvalue weighted by atomic mass is 10.0. The molecule has 7 heteroatoms. The minimum absolute atomic E-state index is 0.0346. The first-order valence-electron chi connectivity index (χ1n) is 8.55. The summed E-state index contributed by atoms with van der Waals surface area (Å²) in [5.41, 5.74) is 1.84. The molecule has 1 fully saturated rings. The number of pyridine rings is 1.